The molecule has 0 atom stereocenters. The maximum absolute atomic E-state index is 13.1. The van der Waals surface area contributed by atoms with Crippen LogP contribution in [0.5, 0.6) is 0 Å². The first-order chi connectivity index (χ1) is 15.0. The molecule has 7 heteroatoms. The zero-order valence-electron chi connectivity index (χ0n) is 17.6. The van der Waals surface area contributed by atoms with E-state index in [0.29, 0.717) is 40.7 Å². The summed E-state index contributed by atoms with van der Waals surface area (Å²) in [6, 6.07) is 17.1. The highest BCUT2D eigenvalue weighted by Crippen LogP contribution is 2.28. The summed E-state index contributed by atoms with van der Waals surface area (Å²) in [7, 11) is 0. The lowest BCUT2D eigenvalue weighted by atomic mass is 10.0. The number of Topliss-reactive ketones (excluding diaryl/α,β-unsaturated/α-hetero) is 1. The molecule has 0 saturated carbocycles. The van der Waals surface area contributed by atoms with Crippen LogP contribution in [0.1, 0.15) is 46.0 Å². The molecule has 0 radical (unpaired) electrons. The SMILES string of the molecule is CCc1c(C(=O)Nc2ccccc2-c2nc(-c3ccccc3)n[nH]2)[nH]c(C)c1C(C)=O. The third-order valence-electron chi connectivity index (χ3n) is 5.17. The minimum atomic E-state index is -0.303. The second kappa shape index (κ2) is 8.39. The minimum Gasteiger partial charge on any atom is -0.354 e. The predicted octanol–water partition coefficient (Wildman–Crippen LogP) is 4.79. The fraction of sp³-hybridized carbons (Fsp3) is 0.167. The van der Waals surface area contributed by atoms with Gasteiger partial charge in [0.2, 0.25) is 0 Å². The van der Waals surface area contributed by atoms with E-state index in [1.54, 1.807) is 6.92 Å². The first-order valence-electron chi connectivity index (χ1n) is 10.1. The van der Waals surface area contributed by atoms with Gasteiger partial charge in [-0.1, -0.05) is 49.4 Å². The number of para-hydroxylation sites is 1. The van der Waals surface area contributed by atoms with Crippen LogP contribution < -0.4 is 5.32 Å². The Morgan fingerprint density at radius 1 is 1.03 bits per heavy atom. The zero-order valence-corrected chi connectivity index (χ0v) is 17.6. The van der Waals surface area contributed by atoms with Gasteiger partial charge in [-0.05, 0) is 38.0 Å². The molecule has 31 heavy (non-hydrogen) atoms. The lowest BCUT2D eigenvalue weighted by Gasteiger charge is -2.10. The Morgan fingerprint density at radius 2 is 1.74 bits per heavy atom. The fourth-order valence-corrected chi connectivity index (χ4v) is 3.78. The molecule has 156 valence electrons. The Kier molecular flexibility index (Phi) is 5.49. The summed E-state index contributed by atoms with van der Waals surface area (Å²) in [6.45, 7) is 5.25. The molecule has 2 aromatic carbocycles. The maximum atomic E-state index is 13.1. The number of ketones is 1. The van der Waals surface area contributed by atoms with E-state index in [1.165, 1.54) is 6.92 Å². The Hall–Kier alpha value is -4.00. The average molecular weight is 413 g/mol. The molecule has 0 fully saturated rings. The monoisotopic (exact) mass is 413 g/mol. The highest BCUT2D eigenvalue weighted by atomic mass is 16.2. The van der Waals surface area contributed by atoms with Crippen molar-refractivity contribution in [3.05, 3.63) is 77.1 Å². The summed E-state index contributed by atoms with van der Waals surface area (Å²) in [6.07, 6.45) is 0.576. The van der Waals surface area contributed by atoms with Gasteiger partial charge in [-0.25, -0.2) is 4.98 Å². The van der Waals surface area contributed by atoms with Crippen LogP contribution in [-0.2, 0) is 6.42 Å². The lowest BCUT2D eigenvalue weighted by molar-refractivity contribution is 0.101. The number of aryl methyl sites for hydroxylation is 1. The van der Waals surface area contributed by atoms with Crippen LogP contribution >= 0.6 is 0 Å². The van der Waals surface area contributed by atoms with E-state index in [4.69, 9.17) is 0 Å². The standard InChI is InChI=1S/C24H23N5O2/c1-4-17-20(15(3)30)14(2)25-21(17)24(31)26-19-13-9-8-12-18(19)23-27-22(28-29-23)16-10-6-5-7-11-16/h5-13,25H,4H2,1-3H3,(H,26,31)(H,27,28,29). The molecule has 7 nitrogen and oxygen atoms in total. The number of carbonyl (C=O) groups is 2. The molecule has 0 saturated heterocycles. The van der Waals surface area contributed by atoms with E-state index in [2.05, 4.69) is 25.5 Å². The maximum Gasteiger partial charge on any atom is 0.272 e. The molecule has 4 rings (SSSR count). The molecule has 0 unspecified atom stereocenters. The molecule has 0 spiro atoms. The normalized spacial score (nSPS) is 10.8. The van der Waals surface area contributed by atoms with Crippen LogP contribution in [0.3, 0.4) is 0 Å². The molecular formula is C24H23N5O2. The zero-order chi connectivity index (χ0) is 22.0. The minimum absolute atomic E-state index is 0.0554. The third kappa shape index (κ3) is 3.90. The van der Waals surface area contributed by atoms with Crippen LogP contribution in [-0.4, -0.2) is 31.9 Å². The number of carbonyl (C=O) groups excluding carboxylic acids is 2. The average Bonchev–Trinajstić information content (AvgIpc) is 3.39. The quantitative estimate of drug-likeness (QED) is 0.395. The van der Waals surface area contributed by atoms with E-state index >= 15 is 0 Å². The van der Waals surface area contributed by atoms with Gasteiger partial charge in [0, 0.05) is 22.4 Å². The number of H-pyrrole nitrogens is 2. The van der Waals surface area contributed by atoms with Crippen molar-refractivity contribution in [1.82, 2.24) is 20.2 Å². The van der Waals surface area contributed by atoms with E-state index in [1.807, 2.05) is 61.5 Å². The van der Waals surface area contributed by atoms with E-state index in [0.717, 1.165) is 16.7 Å². The number of benzene rings is 2. The Bertz CT molecular complexity index is 1250. The second-order valence-corrected chi connectivity index (χ2v) is 7.26. The predicted molar refractivity (Wildman–Crippen MR) is 120 cm³/mol. The Morgan fingerprint density at radius 3 is 2.45 bits per heavy atom. The number of nitrogens with zero attached hydrogens (tertiary/aromatic N) is 2. The van der Waals surface area contributed by atoms with E-state index in [9.17, 15) is 9.59 Å². The second-order valence-electron chi connectivity index (χ2n) is 7.26. The van der Waals surface area contributed by atoms with Crippen LogP contribution in [0, 0.1) is 6.92 Å². The van der Waals surface area contributed by atoms with Gasteiger partial charge < -0.3 is 10.3 Å². The smallest absolute Gasteiger partial charge is 0.272 e. The number of hydrogen-bond donors (Lipinski definition) is 3. The number of aromatic nitrogens is 4. The molecule has 0 aliphatic heterocycles. The van der Waals surface area contributed by atoms with Crippen molar-refractivity contribution in [3.8, 4) is 22.8 Å². The highest BCUT2D eigenvalue weighted by molar-refractivity contribution is 6.08. The topological polar surface area (TPSA) is 104 Å². The van der Waals surface area contributed by atoms with Crippen molar-refractivity contribution in [2.45, 2.75) is 27.2 Å². The van der Waals surface area contributed by atoms with Crippen LogP contribution in [0.2, 0.25) is 0 Å². The van der Waals surface area contributed by atoms with Crippen molar-refractivity contribution in [3.63, 3.8) is 0 Å². The molecule has 3 N–H and O–H groups in total. The van der Waals surface area contributed by atoms with Gasteiger partial charge in [0.1, 0.15) is 5.69 Å². The Labute approximate surface area is 179 Å². The van der Waals surface area contributed by atoms with Crippen molar-refractivity contribution in [2.24, 2.45) is 0 Å². The summed E-state index contributed by atoms with van der Waals surface area (Å²) in [5.74, 6) is 0.775. The molecule has 2 aromatic heterocycles. The summed E-state index contributed by atoms with van der Waals surface area (Å²) >= 11 is 0. The number of rotatable bonds is 6. The van der Waals surface area contributed by atoms with E-state index in [-0.39, 0.29) is 11.7 Å². The summed E-state index contributed by atoms with van der Waals surface area (Å²) in [5, 5.41) is 10.2. The van der Waals surface area contributed by atoms with Crippen LogP contribution in [0.15, 0.2) is 54.6 Å². The van der Waals surface area contributed by atoms with Crippen molar-refractivity contribution in [2.75, 3.05) is 5.32 Å². The number of anilines is 1. The van der Waals surface area contributed by atoms with Crippen molar-refractivity contribution >= 4 is 17.4 Å². The molecule has 4 aromatic rings. The van der Waals surface area contributed by atoms with Gasteiger partial charge >= 0.3 is 0 Å². The van der Waals surface area contributed by atoms with Crippen LogP contribution in [0.25, 0.3) is 22.8 Å². The van der Waals surface area contributed by atoms with Gasteiger partial charge in [0.15, 0.2) is 17.4 Å². The number of hydrogen-bond acceptors (Lipinski definition) is 4. The van der Waals surface area contributed by atoms with Gasteiger partial charge in [-0.15, -0.1) is 0 Å². The first kappa shape index (κ1) is 20.3. The molecular weight excluding hydrogens is 390 g/mol. The number of nitrogens with one attached hydrogen (secondary N) is 3. The molecule has 2 heterocycles. The lowest BCUT2D eigenvalue weighted by Crippen LogP contribution is -2.15. The number of amides is 1. The van der Waals surface area contributed by atoms with Gasteiger partial charge in [0.05, 0.1) is 5.69 Å². The van der Waals surface area contributed by atoms with Gasteiger partial charge in [0.25, 0.3) is 5.91 Å². The first-order valence-corrected chi connectivity index (χ1v) is 10.1. The van der Waals surface area contributed by atoms with Gasteiger partial charge in [-0.2, -0.15) is 5.10 Å². The number of aromatic amines is 2. The van der Waals surface area contributed by atoms with Crippen molar-refractivity contribution < 1.29 is 9.59 Å². The molecule has 1 amide bonds. The van der Waals surface area contributed by atoms with Gasteiger partial charge in [-0.3, -0.25) is 14.7 Å². The van der Waals surface area contributed by atoms with Crippen LogP contribution in [0.4, 0.5) is 5.69 Å². The Balaban J connectivity index is 1.67. The van der Waals surface area contributed by atoms with E-state index < -0.39 is 0 Å². The summed E-state index contributed by atoms with van der Waals surface area (Å²) in [5.41, 5.74) is 4.64. The molecule has 0 aliphatic carbocycles. The molecule has 0 aliphatic rings. The third-order valence-corrected chi connectivity index (χ3v) is 5.17. The largest absolute Gasteiger partial charge is 0.354 e. The summed E-state index contributed by atoms with van der Waals surface area (Å²) in [4.78, 5) is 32.8. The van der Waals surface area contributed by atoms with Crippen molar-refractivity contribution in [1.29, 1.82) is 0 Å². The highest BCUT2D eigenvalue weighted by Gasteiger charge is 2.22. The molecule has 0 bridgehead atoms. The fourth-order valence-electron chi connectivity index (χ4n) is 3.78. The summed E-state index contributed by atoms with van der Waals surface area (Å²) < 4.78 is 0.